The topological polar surface area (TPSA) is 53.4 Å². The van der Waals surface area contributed by atoms with Crippen molar-refractivity contribution in [3.63, 3.8) is 0 Å². The Morgan fingerprint density at radius 1 is 1.21 bits per heavy atom. The number of rotatable bonds is 8. The van der Waals surface area contributed by atoms with Crippen LogP contribution in [0.1, 0.15) is 55.6 Å². The highest BCUT2D eigenvalue weighted by Gasteiger charge is 2.12. The van der Waals surface area contributed by atoms with E-state index in [0.29, 0.717) is 5.56 Å². The molecule has 0 fully saturated rings. The van der Waals surface area contributed by atoms with E-state index < -0.39 is 5.97 Å². The Bertz CT molecular complexity index is 411. The van der Waals surface area contributed by atoms with Crippen LogP contribution < -0.4 is 4.90 Å². The number of nitrogens with zero attached hydrogens (tertiary/aromatic N) is 2. The fourth-order valence-corrected chi connectivity index (χ4v) is 1.98. The molecule has 1 aromatic heterocycles. The van der Waals surface area contributed by atoms with Gasteiger partial charge in [0.05, 0.1) is 5.56 Å². The van der Waals surface area contributed by atoms with Gasteiger partial charge in [-0.3, -0.25) is 0 Å². The zero-order valence-corrected chi connectivity index (χ0v) is 12.1. The largest absolute Gasteiger partial charge is 0.478 e. The van der Waals surface area contributed by atoms with Crippen LogP contribution in [0.2, 0.25) is 0 Å². The molecule has 1 rings (SSSR count). The van der Waals surface area contributed by atoms with Gasteiger partial charge >= 0.3 is 5.97 Å². The third-order valence-corrected chi connectivity index (χ3v) is 3.07. The summed E-state index contributed by atoms with van der Waals surface area (Å²) in [4.78, 5) is 17.8. The predicted octanol–water partition coefficient (Wildman–Crippen LogP) is 3.49. The van der Waals surface area contributed by atoms with Gasteiger partial charge in [-0.2, -0.15) is 0 Å². The highest BCUT2D eigenvalue weighted by molar-refractivity contribution is 5.88. The summed E-state index contributed by atoms with van der Waals surface area (Å²) in [5, 5.41) is 9.12. The average Bonchev–Trinajstić information content (AvgIpc) is 2.38. The molecule has 0 spiro atoms. The number of anilines is 1. The normalized spacial score (nSPS) is 10.5. The molecule has 4 nitrogen and oxygen atoms in total. The van der Waals surface area contributed by atoms with Crippen LogP contribution in [0.25, 0.3) is 0 Å². The first kappa shape index (κ1) is 15.5. The van der Waals surface area contributed by atoms with Crippen molar-refractivity contribution in [1.29, 1.82) is 0 Å². The van der Waals surface area contributed by atoms with Crippen molar-refractivity contribution in [2.45, 2.75) is 46.5 Å². The first-order valence-electron chi connectivity index (χ1n) is 7.05. The standard InChI is InChI=1S/C15H24N2O2/c1-4-6-8-17(9-7-5-2)14-11-13(15(18)19)10-12(3)16-14/h10-11H,4-9H2,1-3H3,(H,18,19). The number of carboxylic acid groups (broad SMARTS) is 1. The minimum atomic E-state index is -0.891. The molecule has 106 valence electrons. The van der Waals surface area contributed by atoms with E-state index in [2.05, 4.69) is 23.7 Å². The summed E-state index contributed by atoms with van der Waals surface area (Å²) >= 11 is 0. The van der Waals surface area contributed by atoms with Gasteiger partial charge in [-0.15, -0.1) is 0 Å². The fraction of sp³-hybridized carbons (Fsp3) is 0.600. The van der Waals surface area contributed by atoms with Crippen LogP contribution in [0.5, 0.6) is 0 Å². The molecule has 4 heteroatoms. The van der Waals surface area contributed by atoms with Gasteiger partial charge in [0.15, 0.2) is 0 Å². The molecular formula is C15H24N2O2. The Balaban J connectivity index is 2.95. The van der Waals surface area contributed by atoms with Crippen LogP contribution in [-0.4, -0.2) is 29.1 Å². The van der Waals surface area contributed by atoms with Crippen molar-refractivity contribution in [2.24, 2.45) is 0 Å². The summed E-state index contributed by atoms with van der Waals surface area (Å²) in [5.41, 5.74) is 1.08. The molecule has 0 unspecified atom stereocenters. The molecule has 0 aliphatic carbocycles. The Labute approximate surface area is 115 Å². The molecule has 0 aliphatic heterocycles. The molecule has 0 saturated heterocycles. The second-order valence-corrected chi connectivity index (χ2v) is 4.85. The number of unbranched alkanes of at least 4 members (excludes halogenated alkanes) is 2. The van der Waals surface area contributed by atoms with Gasteiger partial charge in [0.2, 0.25) is 0 Å². The first-order chi connectivity index (χ1) is 9.08. The molecule has 0 atom stereocenters. The van der Waals surface area contributed by atoms with E-state index >= 15 is 0 Å². The third-order valence-electron chi connectivity index (χ3n) is 3.07. The predicted molar refractivity (Wildman–Crippen MR) is 78.0 cm³/mol. The average molecular weight is 264 g/mol. The van der Waals surface area contributed by atoms with Gasteiger partial charge in [0.1, 0.15) is 5.82 Å². The van der Waals surface area contributed by atoms with E-state index in [4.69, 9.17) is 5.11 Å². The summed E-state index contributed by atoms with van der Waals surface area (Å²) in [6, 6.07) is 3.30. The number of carboxylic acids is 1. The lowest BCUT2D eigenvalue weighted by Crippen LogP contribution is -2.27. The zero-order chi connectivity index (χ0) is 14.3. The molecule has 0 aliphatic rings. The number of pyridine rings is 1. The highest BCUT2D eigenvalue weighted by Crippen LogP contribution is 2.17. The second kappa shape index (κ2) is 7.77. The fourth-order valence-electron chi connectivity index (χ4n) is 1.98. The molecular weight excluding hydrogens is 240 g/mol. The molecule has 0 saturated carbocycles. The van der Waals surface area contributed by atoms with Crippen LogP contribution in [0, 0.1) is 6.92 Å². The number of aryl methyl sites for hydroxylation is 1. The Kier molecular flexibility index (Phi) is 6.33. The van der Waals surface area contributed by atoms with Crippen LogP contribution in [-0.2, 0) is 0 Å². The lowest BCUT2D eigenvalue weighted by molar-refractivity contribution is 0.0696. The van der Waals surface area contributed by atoms with Crippen molar-refractivity contribution in [2.75, 3.05) is 18.0 Å². The third kappa shape index (κ3) is 4.89. The molecule has 1 aromatic rings. The van der Waals surface area contributed by atoms with Gasteiger partial charge < -0.3 is 10.0 Å². The van der Waals surface area contributed by atoms with E-state index in [1.54, 1.807) is 12.1 Å². The Morgan fingerprint density at radius 3 is 2.26 bits per heavy atom. The maximum atomic E-state index is 11.1. The monoisotopic (exact) mass is 264 g/mol. The number of aromatic carboxylic acids is 1. The van der Waals surface area contributed by atoms with E-state index in [-0.39, 0.29) is 0 Å². The van der Waals surface area contributed by atoms with Crippen molar-refractivity contribution in [3.8, 4) is 0 Å². The Morgan fingerprint density at radius 2 is 1.79 bits per heavy atom. The maximum absolute atomic E-state index is 11.1. The Hall–Kier alpha value is -1.58. The minimum absolute atomic E-state index is 0.320. The van der Waals surface area contributed by atoms with Gasteiger partial charge in [-0.05, 0) is 31.9 Å². The van der Waals surface area contributed by atoms with E-state index in [1.807, 2.05) is 6.92 Å². The quantitative estimate of drug-likeness (QED) is 0.781. The van der Waals surface area contributed by atoms with Gasteiger partial charge in [0.25, 0.3) is 0 Å². The van der Waals surface area contributed by atoms with Crippen LogP contribution in [0.4, 0.5) is 5.82 Å². The summed E-state index contributed by atoms with van der Waals surface area (Å²) in [6.45, 7) is 8.03. The molecule has 1 N–H and O–H groups in total. The van der Waals surface area contributed by atoms with Crippen LogP contribution in [0.15, 0.2) is 12.1 Å². The number of hydrogen-bond donors (Lipinski definition) is 1. The maximum Gasteiger partial charge on any atom is 0.335 e. The second-order valence-electron chi connectivity index (χ2n) is 4.85. The number of hydrogen-bond acceptors (Lipinski definition) is 3. The SMILES string of the molecule is CCCCN(CCCC)c1cc(C(=O)O)cc(C)n1. The van der Waals surface area contributed by atoms with Gasteiger partial charge in [-0.1, -0.05) is 26.7 Å². The van der Waals surface area contributed by atoms with Gasteiger partial charge in [-0.25, -0.2) is 9.78 Å². The summed E-state index contributed by atoms with van der Waals surface area (Å²) in [6.07, 6.45) is 4.45. The van der Waals surface area contributed by atoms with Crippen LogP contribution >= 0.6 is 0 Å². The summed E-state index contributed by atoms with van der Waals surface area (Å²) < 4.78 is 0. The zero-order valence-electron chi connectivity index (χ0n) is 12.1. The molecule has 0 amide bonds. The van der Waals surface area contributed by atoms with Crippen LogP contribution in [0.3, 0.4) is 0 Å². The molecule has 0 bridgehead atoms. The highest BCUT2D eigenvalue weighted by atomic mass is 16.4. The number of carbonyl (C=O) groups is 1. The van der Waals surface area contributed by atoms with Crippen molar-refractivity contribution < 1.29 is 9.90 Å². The molecule has 0 aromatic carbocycles. The van der Waals surface area contributed by atoms with Crippen molar-refractivity contribution in [3.05, 3.63) is 23.4 Å². The summed E-state index contributed by atoms with van der Waals surface area (Å²) in [5.74, 6) is -0.100. The smallest absolute Gasteiger partial charge is 0.335 e. The van der Waals surface area contributed by atoms with E-state index in [0.717, 1.165) is 50.3 Å². The van der Waals surface area contributed by atoms with Crippen molar-refractivity contribution in [1.82, 2.24) is 4.98 Å². The van der Waals surface area contributed by atoms with E-state index in [1.165, 1.54) is 0 Å². The molecule has 0 radical (unpaired) electrons. The molecule has 1 heterocycles. The van der Waals surface area contributed by atoms with E-state index in [9.17, 15) is 4.79 Å². The lowest BCUT2D eigenvalue weighted by atomic mass is 10.2. The van der Waals surface area contributed by atoms with Gasteiger partial charge in [0, 0.05) is 18.8 Å². The van der Waals surface area contributed by atoms with Crippen molar-refractivity contribution >= 4 is 11.8 Å². The summed E-state index contributed by atoms with van der Waals surface area (Å²) in [7, 11) is 0. The molecule has 19 heavy (non-hydrogen) atoms. The minimum Gasteiger partial charge on any atom is -0.478 e. The lowest BCUT2D eigenvalue weighted by Gasteiger charge is -2.24. The first-order valence-corrected chi connectivity index (χ1v) is 7.05. The number of aromatic nitrogens is 1.